The van der Waals surface area contributed by atoms with Crippen molar-refractivity contribution in [3.05, 3.63) is 101 Å². The van der Waals surface area contributed by atoms with Crippen molar-refractivity contribution in [2.45, 2.75) is 32.7 Å². The van der Waals surface area contributed by atoms with Crippen molar-refractivity contribution in [1.82, 2.24) is 0 Å². The molecule has 0 fully saturated rings. The van der Waals surface area contributed by atoms with Crippen molar-refractivity contribution in [2.75, 3.05) is 4.90 Å². The lowest BCUT2D eigenvalue weighted by Gasteiger charge is -2.34. The van der Waals surface area contributed by atoms with Crippen molar-refractivity contribution >= 4 is 11.7 Å². The minimum absolute atomic E-state index is 0.275. The molecule has 3 nitrogen and oxygen atoms in total. The number of amides is 2. The van der Waals surface area contributed by atoms with E-state index in [0.717, 1.165) is 40.8 Å². The summed E-state index contributed by atoms with van der Waals surface area (Å²) < 4.78 is 0. The zero-order valence-corrected chi connectivity index (χ0v) is 15.9. The molecule has 0 aliphatic carbocycles. The number of para-hydroxylation sites is 1. The molecule has 0 unspecified atom stereocenters. The van der Waals surface area contributed by atoms with Crippen molar-refractivity contribution in [2.24, 2.45) is 5.73 Å². The lowest BCUT2D eigenvalue weighted by atomic mass is 9.94. The average Bonchev–Trinajstić information content (AvgIpc) is 2.72. The second-order valence-electron chi connectivity index (χ2n) is 6.56. The Hall–Kier alpha value is -3.07. The number of hydrogen-bond donors (Lipinski definition) is 1. The number of urea groups is 1. The zero-order chi connectivity index (χ0) is 19.2. The van der Waals surface area contributed by atoms with Gasteiger partial charge >= 0.3 is 6.03 Å². The molecule has 0 atom stereocenters. The Morgan fingerprint density at radius 2 is 1.22 bits per heavy atom. The van der Waals surface area contributed by atoms with Crippen LogP contribution in [0.25, 0.3) is 0 Å². The van der Waals surface area contributed by atoms with Crippen LogP contribution in [0.3, 0.4) is 0 Å². The number of aryl methyl sites for hydroxylation is 2. The number of carbonyl (C=O) groups excluding carboxylic acids is 1. The molecule has 0 heterocycles. The Morgan fingerprint density at radius 3 is 1.59 bits per heavy atom. The Labute approximate surface area is 161 Å². The van der Waals surface area contributed by atoms with E-state index in [1.54, 1.807) is 4.90 Å². The molecule has 0 aliphatic heterocycles. The molecule has 138 valence electrons. The first-order valence-corrected chi connectivity index (χ1v) is 9.46. The number of nitrogens with two attached hydrogens (primary N) is 1. The highest BCUT2D eigenvalue weighted by Gasteiger charge is 2.29. The van der Waals surface area contributed by atoms with E-state index in [4.69, 9.17) is 5.73 Å². The summed E-state index contributed by atoms with van der Waals surface area (Å²) >= 11 is 0. The minimum Gasteiger partial charge on any atom is -0.351 e. The predicted octanol–water partition coefficient (Wildman–Crippen LogP) is 5.49. The summed E-state index contributed by atoms with van der Waals surface area (Å²) in [6.45, 7) is 4.22. The lowest BCUT2D eigenvalue weighted by Crippen LogP contribution is -2.40. The summed E-state index contributed by atoms with van der Waals surface area (Å²) in [4.78, 5) is 14.5. The fourth-order valence-electron chi connectivity index (χ4n) is 3.65. The second-order valence-corrected chi connectivity index (χ2v) is 6.56. The number of anilines is 1. The first-order chi connectivity index (χ1) is 13.2. The number of nitrogens with zero attached hydrogens (tertiary/aromatic N) is 1. The van der Waals surface area contributed by atoms with Crippen molar-refractivity contribution in [3.8, 4) is 0 Å². The molecule has 3 aromatic rings. The fraction of sp³-hybridized carbons (Fsp3) is 0.208. The molecule has 0 aromatic heterocycles. The van der Waals surface area contributed by atoms with Crippen molar-refractivity contribution in [1.29, 1.82) is 0 Å². The van der Waals surface area contributed by atoms with E-state index in [-0.39, 0.29) is 6.04 Å². The smallest absolute Gasteiger partial charge is 0.320 e. The molecule has 0 saturated heterocycles. The molecule has 0 aliphatic rings. The molecule has 2 N–H and O–H groups in total. The van der Waals surface area contributed by atoms with Gasteiger partial charge in [0.25, 0.3) is 0 Å². The summed E-state index contributed by atoms with van der Waals surface area (Å²) in [5.74, 6) is 0. The Bertz CT molecular complexity index is 829. The third-order valence-electron chi connectivity index (χ3n) is 4.93. The SMILES string of the molecule is CCc1cccc(CC)c1N(C(N)=O)C(c1ccccc1)c1ccccc1. The predicted molar refractivity (Wildman–Crippen MR) is 112 cm³/mol. The number of primary amides is 1. The summed E-state index contributed by atoms with van der Waals surface area (Å²) in [7, 11) is 0. The topological polar surface area (TPSA) is 46.3 Å². The van der Waals surface area contributed by atoms with Gasteiger partial charge in [-0.25, -0.2) is 4.79 Å². The first kappa shape index (κ1) is 18.7. The highest BCUT2D eigenvalue weighted by Crippen LogP contribution is 2.37. The van der Waals surface area contributed by atoms with Crippen LogP contribution >= 0.6 is 0 Å². The van der Waals surface area contributed by atoms with Gasteiger partial charge in [-0.15, -0.1) is 0 Å². The monoisotopic (exact) mass is 358 g/mol. The first-order valence-electron chi connectivity index (χ1n) is 9.46. The van der Waals surface area contributed by atoms with Crippen LogP contribution in [0.1, 0.15) is 42.1 Å². The molecule has 3 heteroatoms. The van der Waals surface area contributed by atoms with E-state index >= 15 is 0 Å². The molecule has 2 amide bonds. The number of rotatable bonds is 6. The third-order valence-corrected chi connectivity index (χ3v) is 4.93. The standard InChI is InChI=1S/C24H26N2O/c1-3-18-16-11-17-19(4-2)22(18)26(24(25)27)23(20-12-7-5-8-13-20)21-14-9-6-10-15-21/h5-17,23H,3-4H2,1-2H3,(H2,25,27). The lowest BCUT2D eigenvalue weighted by molar-refractivity contribution is 0.252. The molecular formula is C24H26N2O. The van der Waals surface area contributed by atoms with E-state index in [0.29, 0.717) is 0 Å². The maximum Gasteiger partial charge on any atom is 0.320 e. The van der Waals surface area contributed by atoms with Crippen molar-refractivity contribution in [3.63, 3.8) is 0 Å². The van der Waals surface area contributed by atoms with Crippen LogP contribution in [0, 0.1) is 0 Å². The van der Waals surface area contributed by atoms with E-state index in [2.05, 4.69) is 32.0 Å². The van der Waals surface area contributed by atoms with Crippen LogP contribution in [0.15, 0.2) is 78.9 Å². The van der Waals surface area contributed by atoms with Gasteiger partial charge in [-0.2, -0.15) is 0 Å². The van der Waals surface area contributed by atoms with E-state index in [1.165, 1.54) is 0 Å². The van der Waals surface area contributed by atoms with E-state index in [1.807, 2.05) is 60.7 Å². The normalized spacial score (nSPS) is 10.8. The fourth-order valence-corrected chi connectivity index (χ4v) is 3.65. The molecule has 0 saturated carbocycles. The van der Waals surface area contributed by atoms with Gasteiger partial charge < -0.3 is 5.73 Å². The van der Waals surface area contributed by atoms with Crippen LogP contribution in [-0.4, -0.2) is 6.03 Å². The van der Waals surface area contributed by atoms with E-state index < -0.39 is 6.03 Å². The average molecular weight is 358 g/mol. The van der Waals surface area contributed by atoms with Gasteiger partial charge in [0.15, 0.2) is 0 Å². The Morgan fingerprint density at radius 1 is 0.778 bits per heavy atom. The van der Waals surface area contributed by atoms with Crippen LogP contribution in [0.2, 0.25) is 0 Å². The quantitative estimate of drug-likeness (QED) is 0.622. The minimum atomic E-state index is -0.441. The van der Waals surface area contributed by atoms with Crippen LogP contribution < -0.4 is 10.6 Å². The Kier molecular flexibility index (Phi) is 5.92. The molecule has 3 rings (SSSR count). The molecule has 3 aromatic carbocycles. The second kappa shape index (κ2) is 8.54. The summed E-state index contributed by atoms with van der Waals surface area (Å²) in [6.07, 6.45) is 1.67. The molecule has 27 heavy (non-hydrogen) atoms. The largest absolute Gasteiger partial charge is 0.351 e. The van der Waals surface area contributed by atoms with Gasteiger partial charge in [0.05, 0.1) is 11.7 Å². The number of hydrogen-bond acceptors (Lipinski definition) is 1. The summed E-state index contributed by atoms with van der Waals surface area (Å²) in [5, 5.41) is 0. The molecule has 0 radical (unpaired) electrons. The van der Waals surface area contributed by atoms with Gasteiger partial charge in [0, 0.05) is 0 Å². The highest BCUT2D eigenvalue weighted by atomic mass is 16.2. The van der Waals surface area contributed by atoms with E-state index in [9.17, 15) is 4.79 Å². The molecule has 0 bridgehead atoms. The van der Waals surface area contributed by atoms with Gasteiger partial charge in [0.1, 0.15) is 0 Å². The van der Waals surface area contributed by atoms with Crippen LogP contribution in [-0.2, 0) is 12.8 Å². The van der Waals surface area contributed by atoms with Gasteiger partial charge in [0.2, 0.25) is 0 Å². The third kappa shape index (κ3) is 3.87. The summed E-state index contributed by atoms with van der Waals surface area (Å²) in [6, 6.07) is 25.7. The van der Waals surface area contributed by atoms with Gasteiger partial charge in [-0.05, 0) is 35.1 Å². The molecular weight excluding hydrogens is 332 g/mol. The molecule has 0 spiro atoms. The van der Waals surface area contributed by atoms with Crippen LogP contribution in [0.5, 0.6) is 0 Å². The van der Waals surface area contributed by atoms with Crippen LogP contribution in [0.4, 0.5) is 10.5 Å². The maximum absolute atomic E-state index is 12.8. The summed E-state index contributed by atoms with van der Waals surface area (Å²) in [5.41, 5.74) is 11.3. The number of benzene rings is 3. The maximum atomic E-state index is 12.8. The van der Waals surface area contributed by atoms with Gasteiger partial charge in [-0.1, -0.05) is 92.7 Å². The highest BCUT2D eigenvalue weighted by molar-refractivity contribution is 5.94. The Balaban J connectivity index is 2.27. The zero-order valence-electron chi connectivity index (χ0n) is 15.9. The number of carbonyl (C=O) groups is 1. The van der Waals surface area contributed by atoms with Crippen molar-refractivity contribution < 1.29 is 4.79 Å². The van der Waals surface area contributed by atoms with Gasteiger partial charge in [-0.3, -0.25) is 4.90 Å².